The summed E-state index contributed by atoms with van der Waals surface area (Å²) in [5, 5.41) is 10.4. The summed E-state index contributed by atoms with van der Waals surface area (Å²) in [5.41, 5.74) is 1.52. The van der Waals surface area contributed by atoms with Crippen molar-refractivity contribution in [1.29, 1.82) is 0 Å². The number of carbonyl (C=O) groups excluding carboxylic acids is 2. The summed E-state index contributed by atoms with van der Waals surface area (Å²) in [6.45, 7) is 3.91. The molecule has 2 aromatic heterocycles. The van der Waals surface area contributed by atoms with Crippen molar-refractivity contribution in [3.05, 3.63) is 66.4 Å². The normalized spacial score (nSPS) is 10.2. The summed E-state index contributed by atoms with van der Waals surface area (Å²) < 4.78 is 5.27. The van der Waals surface area contributed by atoms with Crippen molar-refractivity contribution in [2.45, 2.75) is 0 Å². The number of amides is 3. The maximum Gasteiger partial charge on any atom is 0.319 e. The molecule has 0 unspecified atom stereocenters. The number of carbonyl (C=O) groups is 2. The van der Waals surface area contributed by atoms with Gasteiger partial charge in [0.1, 0.15) is 5.69 Å². The van der Waals surface area contributed by atoms with Crippen molar-refractivity contribution < 1.29 is 14.0 Å². The molecule has 0 aliphatic heterocycles. The van der Waals surface area contributed by atoms with Crippen LogP contribution < -0.4 is 16.0 Å². The van der Waals surface area contributed by atoms with E-state index in [1.807, 2.05) is 0 Å². The molecule has 0 bridgehead atoms. The van der Waals surface area contributed by atoms with Crippen molar-refractivity contribution in [2.75, 3.05) is 17.2 Å². The minimum atomic E-state index is -0.324. The van der Waals surface area contributed by atoms with E-state index in [-0.39, 0.29) is 11.9 Å². The van der Waals surface area contributed by atoms with Gasteiger partial charge in [-0.25, -0.2) is 9.78 Å². The second-order valence-corrected chi connectivity index (χ2v) is 6.03. The topological polar surface area (TPSA) is 96.3 Å². The van der Waals surface area contributed by atoms with Crippen LogP contribution in [0.3, 0.4) is 0 Å². The molecular formula is C18H16N4O3S. The van der Waals surface area contributed by atoms with E-state index in [1.165, 1.54) is 11.3 Å². The summed E-state index contributed by atoms with van der Waals surface area (Å²) in [4.78, 5) is 28.1. The highest BCUT2D eigenvalue weighted by Gasteiger charge is 2.13. The van der Waals surface area contributed by atoms with Gasteiger partial charge in [0.2, 0.25) is 0 Å². The molecule has 2 heterocycles. The van der Waals surface area contributed by atoms with Crippen LogP contribution in [0.15, 0.2) is 65.1 Å². The monoisotopic (exact) mass is 368 g/mol. The first kappa shape index (κ1) is 17.4. The van der Waals surface area contributed by atoms with Crippen LogP contribution >= 0.6 is 11.3 Å². The molecular weight excluding hydrogens is 352 g/mol. The molecule has 3 amide bonds. The van der Waals surface area contributed by atoms with Crippen LogP contribution in [0.25, 0.3) is 10.8 Å². The average molecular weight is 368 g/mol. The second-order valence-electron chi connectivity index (χ2n) is 5.17. The number of hydrogen-bond donors (Lipinski definition) is 3. The molecule has 0 spiro atoms. The Morgan fingerprint density at radius 2 is 1.88 bits per heavy atom. The highest BCUT2D eigenvalue weighted by Crippen LogP contribution is 2.24. The van der Waals surface area contributed by atoms with Crippen LogP contribution in [0.2, 0.25) is 0 Å². The number of aromatic nitrogens is 1. The third kappa shape index (κ3) is 4.37. The molecule has 8 heteroatoms. The van der Waals surface area contributed by atoms with E-state index in [4.69, 9.17) is 4.42 Å². The van der Waals surface area contributed by atoms with Crippen LogP contribution in [0, 0.1) is 0 Å². The molecule has 3 rings (SSSR count). The Labute approximate surface area is 153 Å². The number of benzene rings is 1. The molecule has 3 aromatic rings. The smallest absolute Gasteiger partial charge is 0.319 e. The fraction of sp³-hybridized carbons (Fsp3) is 0.0556. The number of nitrogens with zero attached hydrogens (tertiary/aromatic N) is 1. The summed E-state index contributed by atoms with van der Waals surface area (Å²) >= 11 is 1.33. The van der Waals surface area contributed by atoms with Gasteiger partial charge in [-0.15, -0.1) is 17.9 Å². The summed E-state index contributed by atoms with van der Waals surface area (Å²) in [7, 11) is 0. The standard InChI is InChI=1S/C18H16N4O3S/c1-2-9-19-18(24)21-13-7-5-12(6-8-13)20-16(23)14-11-26-17(22-14)15-4-3-10-25-15/h2-8,10-11H,1,9H2,(H,20,23)(H2,19,21,24). The lowest BCUT2D eigenvalue weighted by Gasteiger charge is -2.07. The van der Waals surface area contributed by atoms with E-state index in [0.717, 1.165) is 0 Å². The minimum Gasteiger partial charge on any atom is -0.462 e. The second kappa shape index (κ2) is 8.13. The van der Waals surface area contributed by atoms with Gasteiger partial charge in [0.25, 0.3) is 5.91 Å². The summed E-state index contributed by atoms with van der Waals surface area (Å²) in [6, 6.07) is 10.0. The van der Waals surface area contributed by atoms with Gasteiger partial charge in [0.15, 0.2) is 10.8 Å². The minimum absolute atomic E-state index is 0.312. The zero-order chi connectivity index (χ0) is 18.4. The van der Waals surface area contributed by atoms with Crippen molar-refractivity contribution >= 4 is 34.6 Å². The molecule has 0 atom stereocenters. The molecule has 0 radical (unpaired) electrons. The van der Waals surface area contributed by atoms with Crippen LogP contribution in [0.4, 0.5) is 16.2 Å². The van der Waals surface area contributed by atoms with Gasteiger partial charge in [-0.2, -0.15) is 0 Å². The predicted molar refractivity (Wildman–Crippen MR) is 101 cm³/mol. The zero-order valence-corrected chi connectivity index (χ0v) is 14.5. The molecule has 26 heavy (non-hydrogen) atoms. The Morgan fingerprint density at radius 1 is 1.15 bits per heavy atom. The maximum atomic E-state index is 12.3. The van der Waals surface area contributed by atoms with Gasteiger partial charge in [-0.05, 0) is 36.4 Å². The Balaban J connectivity index is 1.59. The van der Waals surface area contributed by atoms with Crippen molar-refractivity contribution in [1.82, 2.24) is 10.3 Å². The first-order chi connectivity index (χ1) is 12.7. The Bertz CT molecular complexity index is 901. The molecule has 0 aliphatic carbocycles. The molecule has 3 N–H and O–H groups in total. The SMILES string of the molecule is C=CCNC(=O)Nc1ccc(NC(=O)c2csc(-c3ccco3)n2)cc1. The number of hydrogen-bond acceptors (Lipinski definition) is 5. The highest BCUT2D eigenvalue weighted by atomic mass is 32.1. The zero-order valence-electron chi connectivity index (χ0n) is 13.7. The number of urea groups is 1. The maximum absolute atomic E-state index is 12.3. The van der Waals surface area contributed by atoms with Crippen molar-refractivity contribution in [3.8, 4) is 10.8 Å². The third-order valence-corrected chi connectivity index (χ3v) is 4.13. The van der Waals surface area contributed by atoms with Gasteiger partial charge in [0, 0.05) is 23.3 Å². The lowest BCUT2D eigenvalue weighted by Crippen LogP contribution is -2.28. The number of anilines is 2. The van der Waals surface area contributed by atoms with Crippen molar-refractivity contribution in [3.63, 3.8) is 0 Å². The van der Waals surface area contributed by atoms with Gasteiger partial charge >= 0.3 is 6.03 Å². The van der Waals surface area contributed by atoms with E-state index in [1.54, 1.807) is 54.1 Å². The van der Waals surface area contributed by atoms with Crippen molar-refractivity contribution in [2.24, 2.45) is 0 Å². The van der Waals surface area contributed by atoms with Crippen LogP contribution in [-0.4, -0.2) is 23.5 Å². The molecule has 0 saturated carbocycles. The molecule has 7 nitrogen and oxygen atoms in total. The van der Waals surface area contributed by atoms with Gasteiger partial charge < -0.3 is 20.4 Å². The van der Waals surface area contributed by atoms with E-state index in [0.29, 0.717) is 34.4 Å². The predicted octanol–water partition coefficient (Wildman–Crippen LogP) is 3.96. The number of furan rings is 1. The molecule has 0 aliphatic rings. The number of thiazole rings is 1. The summed E-state index contributed by atoms with van der Waals surface area (Å²) in [6.07, 6.45) is 3.15. The Kier molecular flexibility index (Phi) is 5.45. The van der Waals surface area contributed by atoms with Gasteiger partial charge in [-0.3, -0.25) is 4.79 Å². The van der Waals surface area contributed by atoms with Gasteiger partial charge in [-0.1, -0.05) is 6.08 Å². The Morgan fingerprint density at radius 3 is 2.54 bits per heavy atom. The molecule has 1 aromatic carbocycles. The number of nitrogens with one attached hydrogen (secondary N) is 3. The third-order valence-electron chi connectivity index (χ3n) is 3.28. The van der Waals surface area contributed by atoms with Crippen LogP contribution in [0.5, 0.6) is 0 Å². The number of rotatable bonds is 6. The average Bonchev–Trinajstić information content (AvgIpc) is 3.33. The largest absolute Gasteiger partial charge is 0.462 e. The van der Waals surface area contributed by atoms with E-state index >= 15 is 0 Å². The molecule has 132 valence electrons. The quantitative estimate of drug-likeness (QED) is 0.574. The van der Waals surface area contributed by atoms with Crippen LogP contribution in [-0.2, 0) is 0 Å². The molecule has 0 saturated heterocycles. The fourth-order valence-corrected chi connectivity index (χ4v) is 2.83. The fourth-order valence-electron chi connectivity index (χ4n) is 2.06. The van der Waals surface area contributed by atoms with E-state index in [9.17, 15) is 9.59 Å². The first-order valence-corrected chi connectivity index (χ1v) is 8.60. The highest BCUT2D eigenvalue weighted by molar-refractivity contribution is 7.13. The Hall–Kier alpha value is -3.39. The van der Waals surface area contributed by atoms with E-state index in [2.05, 4.69) is 27.5 Å². The molecule has 0 fully saturated rings. The lowest BCUT2D eigenvalue weighted by molar-refractivity contribution is 0.102. The summed E-state index contributed by atoms with van der Waals surface area (Å²) in [5.74, 6) is 0.308. The first-order valence-electron chi connectivity index (χ1n) is 7.72. The lowest BCUT2D eigenvalue weighted by atomic mass is 10.2. The van der Waals surface area contributed by atoms with Gasteiger partial charge in [0.05, 0.1) is 6.26 Å². The van der Waals surface area contributed by atoms with E-state index < -0.39 is 0 Å². The van der Waals surface area contributed by atoms with Crippen LogP contribution in [0.1, 0.15) is 10.5 Å².